The molecular weight excluding hydrogens is 204 g/mol. The first kappa shape index (κ1) is 11.2. The van der Waals surface area contributed by atoms with Gasteiger partial charge in [0.25, 0.3) is 0 Å². The van der Waals surface area contributed by atoms with Crippen molar-refractivity contribution in [3.63, 3.8) is 0 Å². The van der Waals surface area contributed by atoms with Crippen LogP contribution in [0.15, 0.2) is 18.2 Å². The third-order valence-corrected chi connectivity index (χ3v) is 2.67. The van der Waals surface area contributed by atoms with Crippen molar-refractivity contribution >= 4 is 5.82 Å². The van der Waals surface area contributed by atoms with Crippen molar-refractivity contribution in [3.05, 3.63) is 18.2 Å². The minimum absolute atomic E-state index is 0.230. The van der Waals surface area contributed by atoms with Gasteiger partial charge in [0.05, 0.1) is 6.10 Å². The zero-order chi connectivity index (χ0) is 11.2. The number of hydrogen-bond acceptors (Lipinski definition) is 4. The van der Waals surface area contributed by atoms with Gasteiger partial charge in [0, 0.05) is 19.7 Å². The van der Waals surface area contributed by atoms with Crippen LogP contribution in [0.1, 0.15) is 19.3 Å². The average molecular weight is 222 g/mol. The lowest BCUT2D eigenvalue weighted by atomic mass is 10.1. The number of ether oxygens (including phenoxy) is 2. The number of hydrogen-bond donors (Lipinski definition) is 1. The number of pyridine rings is 1. The van der Waals surface area contributed by atoms with E-state index in [2.05, 4.69) is 10.3 Å². The van der Waals surface area contributed by atoms with Gasteiger partial charge in [-0.3, -0.25) is 0 Å². The maximum Gasteiger partial charge on any atom is 0.215 e. The standard InChI is InChI=1S/C12H18N2O2/c1-13-11-6-4-7-12(14-11)16-9-10-5-2-3-8-15-10/h4,6-7,10H,2-3,5,8-9H2,1H3,(H,13,14). The Morgan fingerprint density at radius 3 is 3.19 bits per heavy atom. The van der Waals surface area contributed by atoms with Crippen LogP contribution in [0.2, 0.25) is 0 Å². The summed E-state index contributed by atoms with van der Waals surface area (Å²) in [6, 6.07) is 5.70. The smallest absolute Gasteiger partial charge is 0.215 e. The molecule has 1 N–H and O–H groups in total. The highest BCUT2D eigenvalue weighted by Gasteiger charge is 2.14. The van der Waals surface area contributed by atoms with Crippen molar-refractivity contribution in [2.24, 2.45) is 0 Å². The summed E-state index contributed by atoms with van der Waals surface area (Å²) >= 11 is 0. The highest BCUT2D eigenvalue weighted by molar-refractivity contribution is 5.35. The molecule has 1 fully saturated rings. The maximum atomic E-state index is 5.61. The molecule has 1 saturated heterocycles. The summed E-state index contributed by atoms with van der Waals surface area (Å²) in [5.41, 5.74) is 0. The monoisotopic (exact) mass is 222 g/mol. The molecule has 88 valence electrons. The van der Waals surface area contributed by atoms with Gasteiger partial charge in [-0.05, 0) is 25.3 Å². The topological polar surface area (TPSA) is 43.4 Å². The van der Waals surface area contributed by atoms with E-state index >= 15 is 0 Å². The fourth-order valence-electron chi connectivity index (χ4n) is 1.75. The van der Waals surface area contributed by atoms with Gasteiger partial charge in [-0.1, -0.05) is 6.07 Å². The Morgan fingerprint density at radius 2 is 2.44 bits per heavy atom. The van der Waals surface area contributed by atoms with Crippen LogP contribution < -0.4 is 10.1 Å². The molecule has 0 radical (unpaired) electrons. The Hall–Kier alpha value is -1.29. The molecule has 2 heterocycles. The maximum absolute atomic E-state index is 5.61. The summed E-state index contributed by atoms with van der Waals surface area (Å²) in [5, 5.41) is 2.98. The predicted octanol–water partition coefficient (Wildman–Crippen LogP) is 2.07. The van der Waals surface area contributed by atoms with Gasteiger partial charge in [0.15, 0.2) is 0 Å². The highest BCUT2D eigenvalue weighted by Crippen LogP contribution is 2.15. The highest BCUT2D eigenvalue weighted by atomic mass is 16.5. The molecule has 0 bridgehead atoms. The second kappa shape index (κ2) is 5.70. The SMILES string of the molecule is CNc1cccc(OCC2CCCCO2)n1. The summed E-state index contributed by atoms with van der Waals surface area (Å²) in [4.78, 5) is 4.29. The zero-order valence-corrected chi connectivity index (χ0v) is 9.61. The number of nitrogens with one attached hydrogen (secondary N) is 1. The molecule has 1 atom stereocenters. The molecule has 4 nitrogen and oxygen atoms in total. The molecule has 1 aliphatic heterocycles. The van der Waals surface area contributed by atoms with E-state index in [0.717, 1.165) is 18.8 Å². The second-order valence-electron chi connectivity index (χ2n) is 3.91. The molecule has 1 aromatic rings. The van der Waals surface area contributed by atoms with Crippen LogP contribution in [0.25, 0.3) is 0 Å². The fourth-order valence-corrected chi connectivity index (χ4v) is 1.75. The van der Waals surface area contributed by atoms with Crippen molar-refractivity contribution in [2.75, 3.05) is 25.6 Å². The van der Waals surface area contributed by atoms with Crippen LogP contribution in [0.3, 0.4) is 0 Å². The van der Waals surface area contributed by atoms with Crippen LogP contribution in [0.5, 0.6) is 5.88 Å². The normalized spacial score (nSPS) is 20.4. The van der Waals surface area contributed by atoms with Crippen LogP contribution >= 0.6 is 0 Å². The molecule has 16 heavy (non-hydrogen) atoms. The van der Waals surface area contributed by atoms with Crippen molar-refractivity contribution in [1.29, 1.82) is 0 Å². The number of aromatic nitrogens is 1. The van der Waals surface area contributed by atoms with E-state index in [9.17, 15) is 0 Å². The molecule has 2 rings (SSSR count). The first-order chi connectivity index (χ1) is 7.88. The van der Waals surface area contributed by atoms with Crippen LogP contribution in [-0.2, 0) is 4.74 Å². The summed E-state index contributed by atoms with van der Waals surface area (Å²) in [5.74, 6) is 1.48. The third-order valence-electron chi connectivity index (χ3n) is 2.67. The molecule has 1 unspecified atom stereocenters. The number of nitrogens with zero attached hydrogens (tertiary/aromatic N) is 1. The number of rotatable bonds is 4. The summed E-state index contributed by atoms with van der Waals surface area (Å²) in [7, 11) is 1.84. The van der Waals surface area contributed by atoms with E-state index in [-0.39, 0.29) is 6.10 Å². The van der Waals surface area contributed by atoms with Gasteiger partial charge in [-0.15, -0.1) is 0 Å². The zero-order valence-electron chi connectivity index (χ0n) is 9.61. The third kappa shape index (κ3) is 3.10. The fraction of sp³-hybridized carbons (Fsp3) is 0.583. The lowest BCUT2D eigenvalue weighted by Crippen LogP contribution is -2.26. The Kier molecular flexibility index (Phi) is 3.99. The van der Waals surface area contributed by atoms with E-state index < -0.39 is 0 Å². The molecule has 1 aliphatic rings. The number of anilines is 1. The van der Waals surface area contributed by atoms with Crippen molar-refractivity contribution < 1.29 is 9.47 Å². The van der Waals surface area contributed by atoms with E-state index in [0.29, 0.717) is 12.5 Å². The van der Waals surface area contributed by atoms with Crippen LogP contribution in [0, 0.1) is 0 Å². The average Bonchev–Trinajstić information content (AvgIpc) is 2.38. The Labute approximate surface area is 96.0 Å². The van der Waals surface area contributed by atoms with Crippen molar-refractivity contribution in [3.8, 4) is 5.88 Å². The molecule has 0 amide bonds. The van der Waals surface area contributed by atoms with Gasteiger partial charge in [-0.25, -0.2) is 0 Å². The molecule has 0 aliphatic carbocycles. The van der Waals surface area contributed by atoms with Crippen molar-refractivity contribution in [1.82, 2.24) is 4.98 Å². The molecule has 1 aromatic heterocycles. The molecule has 0 aromatic carbocycles. The molecular formula is C12H18N2O2. The van der Waals surface area contributed by atoms with Crippen LogP contribution in [-0.4, -0.2) is 31.3 Å². The predicted molar refractivity (Wildman–Crippen MR) is 62.9 cm³/mol. The molecule has 0 spiro atoms. The lowest BCUT2D eigenvalue weighted by molar-refractivity contribution is -0.0119. The van der Waals surface area contributed by atoms with Gasteiger partial charge >= 0.3 is 0 Å². The Bertz CT molecular complexity index is 325. The minimum atomic E-state index is 0.230. The summed E-state index contributed by atoms with van der Waals surface area (Å²) < 4.78 is 11.2. The van der Waals surface area contributed by atoms with Crippen molar-refractivity contribution in [2.45, 2.75) is 25.4 Å². The molecule has 4 heteroatoms. The van der Waals surface area contributed by atoms with Gasteiger partial charge in [-0.2, -0.15) is 4.98 Å². The van der Waals surface area contributed by atoms with E-state index in [1.54, 1.807) is 0 Å². The largest absolute Gasteiger partial charge is 0.475 e. The minimum Gasteiger partial charge on any atom is -0.475 e. The molecule has 0 saturated carbocycles. The Balaban J connectivity index is 1.83. The van der Waals surface area contributed by atoms with E-state index in [1.165, 1.54) is 12.8 Å². The second-order valence-corrected chi connectivity index (χ2v) is 3.91. The van der Waals surface area contributed by atoms with E-state index in [4.69, 9.17) is 9.47 Å². The van der Waals surface area contributed by atoms with E-state index in [1.807, 2.05) is 25.2 Å². The Morgan fingerprint density at radius 1 is 1.50 bits per heavy atom. The van der Waals surface area contributed by atoms with Gasteiger partial charge < -0.3 is 14.8 Å². The summed E-state index contributed by atoms with van der Waals surface area (Å²) in [6.07, 6.45) is 3.72. The van der Waals surface area contributed by atoms with Crippen LogP contribution in [0.4, 0.5) is 5.82 Å². The van der Waals surface area contributed by atoms with Gasteiger partial charge in [0.2, 0.25) is 5.88 Å². The first-order valence-corrected chi connectivity index (χ1v) is 5.77. The summed E-state index contributed by atoms with van der Waals surface area (Å²) in [6.45, 7) is 1.46. The quantitative estimate of drug-likeness (QED) is 0.847. The lowest BCUT2D eigenvalue weighted by Gasteiger charge is -2.22. The first-order valence-electron chi connectivity index (χ1n) is 5.77. The van der Waals surface area contributed by atoms with Gasteiger partial charge in [0.1, 0.15) is 12.4 Å².